The number of carboxylic acids is 1. The van der Waals surface area contributed by atoms with Gasteiger partial charge in [0.25, 0.3) is 0 Å². The Kier molecular flexibility index (Phi) is 12.3. The monoisotopic (exact) mass is 552 g/mol. The standard InChI is InChI=1S/C27H32FNO4.C5H9NO/c1-17(2)27-24(14-13-22(30)15-23(31)16-25(32)33)26(19-9-11-20(28)12-10-19)18(3)29(27)21-7-5-4-6-8-21;1-3-4(2)5(6)7/h4-12,17,22-23,30-31H,13-16H2,1-3H3,(H,32,33);3H,1-2H3,(H2,6,7)/t22-,23-;/m1./s1. The van der Waals surface area contributed by atoms with Gasteiger partial charge in [-0.25, -0.2) is 4.39 Å². The molecule has 0 unspecified atom stereocenters. The summed E-state index contributed by atoms with van der Waals surface area (Å²) in [6, 6.07) is 16.5. The topological polar surface area (TPSA) is 126 Å². The fraction of sp³-hybridized carbons (Fsp3) is 0.375. The molecular formula is C32H41FN2O5. The van der Waals surface area contributed by atoms with Crippen molar-refractivity contribution in [2.45, 2.75) is 78.4 Å². The highest BCUT2D eigenvalue weighted by atomic mass is 19.1. The first-order chi connectivity index (χ1) is 18.9. The number of amides is 1. The van der Waals surface area contributed by atoms with Gasteiger partial charge in [0.2, 0.25) is 5.91 Å². The molecule has 0 aliphatic heterocycles. The number of carboxylic acid groups (broad SMARTS) is 1. The SMILES string of the molecule is CC=C(C)C(N)=O.Cc1c(-c2ccc(F)cc2)c(CC[C@@H](O)C[C@@H](O)CC(=O)O)c(C(C)C)n1-c1ccccc1. The Hall–Kier alpha value is -3.75. The number of nitrogens with two attached hydrogens (primary N) is 1. The van der Waals surface area contributed by atoms with Gasteiger partial charge in [0.05, 0.1) is 18.6 Å². The second-order valence-corrected chi connectivity index (χ2v) is 10.2. The number of primary amides is 1. The molecule has 7 nitrogen and oxygen atoms in total. The Balaban J connectivity index is 0.000000708. The summed E-state index contributed by atoms with van der Waals surface area (Å²) in [5.74, 6) is -1.55. The Labute approximate surface area is 235 Å². The smallest absolute Gasteiger partial charge is 0.305 e. The molecule has 8 heteroatoms. The maximum absolute atomic E-state index is 13.6. The highest BCUT2D eigenvalue weighted by Gasteiger charge is 2.25. The van der Waals surface area contributed by atoms with E-state index < -0.39 is 24.6 Å². The Morgan fingerprint density at radius 1 is 1.02 bits per heavy atom. The molecule has 0 fully saturated rings. The van der Waals surface area contributed by atoms with Gasteiger partial charge >= 0.3 is 5.97 Å². The maximum Gasteiger partial charge on any atom is 0.305 e. The van der Waals surface area contributed by atoms with Crippen molar-refractivity contribution in [2.24, 2.45) is 5.73 Å². The molecule has 40 heavy (non-hydrogen) atoms. The number of aliphatic hydroxyl groups is 2. The second-order valence-electron chi connectivity index (χ2n) is 10.2. The van der Waals surface area contributed by atoms with E-state index in [1.807, 2.05) is 37.3 Å². The van der Waals surface area contributed by atoms with E-state index in [4.69, 9.17) is 10.8 Å². The van der Waals surface area contributed by atoms with Crippen LogP contribution in [0.4, 0.5) is 4.39 Å². The molecule has 0 bridgehead atoms. The summed E-state index contributed by atoms with van der Waals surface area (Å²) in [4.78, 5) is 20.9. The van der Waals surface area contributed by atoms with Crippen LogP contribution in [0.15, 0.2) is 66.2 Å². The third-order valence-corrected chi connectivity index (χ3v) is 6.75. The molecule has 0 radical (unpaired) electrons. The van der Waals surface area contributed by atoms with E-state index in [2.05, 4.69) is 18.4 Å². The van der Waals surface area contributed by atoms with Crippen LogP contribution in [-0.4, -0.2) is 44.0 Å². The Morgan fingerprint density at radius 2 is 1.62 bits per heavy atom. The molecule has 2 atom stereocenters. The third kappa shape index (κ3) is 8.89. The number of aliphatic carboxylic acids is 1. The number of benzene rings is 2. The van der Waals surface area contributed by atoms with Crippen molar-refractivity contribution >= 4 is 11.9 Å². The molecule has 0 saturated carbocycles. The molecule has 3 aromatic rings. The highest BCUT2D eigenvalue weighted by Crippen LogP contribution is 2.39. The molecule has 2 aromatic carbocycles. The lowest BCUT2D eigenvalue weighted by atomic mass is 9.92. The maximum atomic E-state index is 13.6. The zero-order valence-electron chi connectivity index (χ0n) is 23.9. The number of halogens is 1. The number of allylic oxidation sites excluding steroid dienone is 1. The fourth-order valence-corrected chi connectivity index (χ4v) is 4.71. The van der Waals surface area contributed by atoms with Crippen molar-refractivity contribution < 1.29 is 29.3 Å². The Morgan fingerprint density at radius 3 is 2.10 bits per heavy atom. The lowest BCUT2D eigenvalue weighted by Gasteiger charge is -2.18. The van der Waals surface area contributed by atoms with Gasteiger partial charge in [0.15, 0.2) is 0 Å². The summed E-state index contributed by atoms with van der Waals surface area (Å²) in [6.07, 6.45) is 0.300. The average Bonchev–Trinajstić information content (AvgIpc) is 3.19. The van der Waals surface area contributed by atoms with Gasteiger partial charge in [0.1, 0.15) is 5.82 Å². The van der Waals surface area contributed by atoms with Gasteiger partial charge in [-0.3, -0.25) is 9.59 Å². The van der Waals surface area contributed by atoms with Crippen molar-refractivity contribution in [3.05, 3.63) is 89.0 Å². The summed E-state index contributed by atoms with van der Waals surface area (Å²) in [6.45, 7) is 9.76. The van der Waals surface area contributed by atoms with Crippen LogP contribution in [0.2, 0.25) is 0 Å². The molecule has 3 rings (SSSR count). The van der Waals surface area contributed by atoms with Gasteiger partial charge in [-0.15, -0.1) is 0 Å². The van der Waals surface area contributed by atoms with E-state index in [9.17, 15) is 24.2 Å². The molecule has 1 amide bonds. The molecule has 5 N–H and O–H groups in total. The fourth-order valence-electron chi connectivity index (χ4n) is 4.71. The van der Waals surface area contributed by atoms with E-state index in [-0.39, 0.29) is 24.1 Å². The van der Waals surface area contributed by atoms with Crippen molar-refractivity contribution in [1.29, 1.82) is 0 Å². The molecule has 1 heterocycles. The first-order valence-corrected chi connectivity index (χ1v) is 13.4. The molecule has 0 aliphatic carbocycles. The number of carbonyl (C=O) groups is 2. The van der Waals surface area contributed by atoms with E-state index >= 15 is 0 Å². The lowest BCUT2D eigenvalue weighted by Crippen LogP contribution is -2.21. The Bertz CT molecular complexity index is 1300. The molecule has 0 aliphatic rings. The number of hydrogen-bond donors (Lipinski definition) is 4. The number of carbonyl (C=O) groups excluding carboxylic acids is 1. The number of aliphatic hydroxyl groups excluding tert-OH is 2. The highest BCUT2D eigenvalue weighted by molar-refractivity contribution is 5.91. The van der Waals surface area contributed by atoms with Crippen LogP contribution in [0.1, 0.15) is 69.8 Å². The molecule has 1 aromatic heterocycles. The van der Waals surface area contributed by atoms with Crippen molar-refractivity contribution in [1.82, 2.24) is 4.57 Å². The summed E-state index contributed by atoms with van der Waals surface area (Å²) in [5, 5.41) is 29.3. The quantitative estimate of drug-likeness (QED) is 0.228. The van der Waals surface area contributed by atoms with Crippen LogP contribution in [0, 0.1) is 12.7 Å². The summed E-state index contributed by atoms with van der Waals surface area (Å²) < 4.78 is 15.9. The van der Waals surface area contributed by atoms with Gasteiger partial charge in [0, 0.05) is 28.2 Å². The predicted molar refractivity (Wildman–Crippen MR) is 156 cm³/mol. The van der Waals surface area contributed by atoms with Crippen LogP contribution in [-0.2, 0) is 16.0 Å². The third-order valence-electron chi connectivity index (χ3n) is 6.75. The van der Waals surface area contributed by atoms with Crippen LogP contribution in [0.3, 0.4) is 0 Å². The number of aromatic nitrogens is 1. The summed E-state index contributed by atoms with van der Waals surface area (Å²) in [7, 11) is 0. The van der Waals surface area contributed by atoms with Crippen molar-refractivity contribution in [3.63, 3.8) is 0 Å². The number of hydrogen-bond acceptors (Lipinski definition) is 4. The van der Waals surface area contributed by atoms with Crippen LogP contribution in [0.25, 0.3) is 16.8 Å². The van der Waals surface area contributed by atoms with Gasteiger partial charge in [-0.1, -0.05) is 50.3 Å². The van der Waals surface area contributed by atoms with Crippen LogP contribution in [0.5, 0.6) is 0 Å². The number of nitrogens with zero attached hydrogens (tertiary/aromatic N) is 1. The average molecular weight is 553 g/mol. The zero-order chi connectivity index (χ0) is 30.0. The first kappa shape index (κ1) is 32.5. The summed E-state index contributed by atoms with van der Waals surface area (Å²) >= 11 is 0. The predicted octanol–water partition coefficient (Wildman–Crippen LogP) is 5.67. The largest absolute Gasteiger partial charge is 0.481 e. The lowest BCUT2D eigenvalue weighted by molar-refractivity contribution is -0.139. The zero-order valence-corrected chi connectivity index (χ0v) is 23.9. The minimum Gasteiger partial charge on any atom is -0.481 e. The summed E-state index contributed by atoms with van der Waals surface area (Å²) in [5.41, 5.74) is 11.6. The van der Waals surface area contributed by atoms with Crippen LogP contribution >= 0.6 is 0 Å². The van der Waals surface area contributed by atoms with E-state index in [0.717, 1.165) is 33.8 Å². The second kappa shape index (κ2) is 15.1. The number of para-hydroxylation sites is 1. The normalized spacial score (nSPS) is 13.0. The number of rotatable bonds is 11. The van der Waals surface area contributed by atoms with Crippen molar-refractivity contribution in [2.75, 3.05) is 0 Å². The molecular weight excluding hydrogens is 511 g/mol. The molecule has 0 spiro atoms. The minimum absolute atomic E-state index is 0.00751. The van der Waals surface area contributed by atoms with E-state index in [1.54, 1.807) is 32.1 Å². The first-order valence-electron chi connectivity index (χ1n) is 13.4. The van der Waals surface area contributed by atoms with E-state index in [1.165, 1.54) is 12.1 Å². The molecule has 216 valence electrons. The van der Waals surface area contributed by atoms with Crippen LogP contribution < -0.4 is 5.73 Å². The van der Waals surface area contributed by atoms with Gasteiger partial charge < -0.3 is 25.6 Å². The van der Waals surface area contributed by atoms with Gasteiger partial charge in [-0.2, -0.15) is 0 Å². The minimum atomic E-state index is -1.09. The molecule has 0 saturated heterocycles. The van der Waals surface area contributed by atoms with Gasteiger partial charge in [-0.05, 0) is 81.3 Å². The van der Waals surface area contributed by atoms with Crippen molar-refractivity contribution in [3.8, 4) is 16.8 Å². The van der Waals surface area contributed by atoms with E-state index in [0.29, 0.717) is 18.4 Å².